The Morgan fingerprint density at radius 2 is 1.72 bits per heavy atom. The normalized spacial score (nSPS) is 15.4. The molecule has 0 aliphatic heterocycles. The molecule has 2 unspecified atom stereocenters. The van der Waals surface area contributed by atoms with Crippen LogP contribution in [0.5, 0.6) is 0 Å². The number of hydrogen-bond donors (Lipinski definition) is 0. The Labute approximate surface area is 116 Å². The van der Waals surface area contributed by atoms with Crippen LogP contribution in [0.15, 0.2) is 12.7 Å². The van der Waals surface area contributed by atoms with E-state index in [1.807, 2.05) is 7.11 Å². The van der Waals surface area contributed by atoms with Crippen LogP contribution in [0.4, 0.5) is 0 Å². The topological polar surface area (TPSA) is 9.23 Å². The van der Waals surface area contributed by atoms with Crippen LogP contribution in [-0.4, -0.2) is 21.3 Å². The second-order valence-corrected chi connectivity index (χ2v) is 12.2. The van der Waals surface area contributed by atoms with E-state index in [0.29, 0.717) is 12.0 Å². The Morgan fingerprint density at radius 1 is 1.11 bits per heavy atom. The highest BCUT2D eigenvalue weighted by molar-refractivity contribution is 6.76. The number of unbranched alkanes of at least 4 members (excludes halogenated alkanes) is 4. The summed E-state index contributed by atoms with van der Waals surface area (Å²) in [5.74, 6) is 0.549. The van der Waals surface area contributed by atoms with Crippen molar-refractivity contribution in [2.75, 3.05) is 7.11 Å². The van der Waals surface area contributed by atoms with Crippen molar-refractivity contribution in [3.63, 3.8) is 0 Å². The molecule has 0 aromatic carbocycles. The van der Waals surface area contributed by atoms with Crippen molar-refractivity contribution in [2.24, 2.45) is 5.92 Å². The summed E-state index contributed by atoms with van der Waals surface area (Å²) in [6, 6.07) is 1.30. The minimum atomic E-state index is -1.03. The molecule has 0 bridgehead atoms. The van der Waals surface area contributed by atoms with Crippen molar-refractivity contribution in [1.82, 2.24) is 0 Å². The first kappa shape index (κ1) is 17.9. The van der Waals surface area contributed by atoms with Gasteiger partial charge in [-0.3, -0.25) is 0 Å². The van der Waals surface area contributed by atoms with Gasteiger partial charge in [-0.25, -0.2) is 0 Å². The van der Waals surface area contributed by atoms with Gasteiger partial charge in [0.1, 0.15) is 0 Å². The Balaban J connectivity index is 4.07. The van der Waals surface area contributed by atoms with Gasteiger partial charge >= 0.3 is 0 Å². The lowest BCUT2D eigenvalue weighted by Crippen LogP contribution is -2.30. The van der Waals surface area contributed by atoms with Crippen LogP contribution < -0.4 is 0 Å². The predicted octanol–water partition coefficient (Wildman–Crippen LogP) is 5.50. The molecular formula is C16H34OSi. The SMILES string of the molecule is C=CC(C[Si](C)(C)C)C(CCCCCCC)OC. The molecule has 0 rings (SSSR count). The zero-order valence-electron chi connectivity index (χ0n) is 13.3. The van der Waals surface area contributed by atoms with Crippen molar-refractivity contribution in [1.29, 1.82) is 0 Å². The van der Waals surface area contributed by atoms with Gasteiger partial charge in [-0.15, -0.1) is 6.58 Å². The Kier molecular flexibility index (Phi) is 9.75. The minimum absolute atomic E-state index is 0.385. The first-order chi connectivity index (χ1) is 8.44. The van der Waals surface area contributed by atoms with Gasteiger partial charge in [0.2, 0.25) is 0 Å². The van der Waals surface area contributed by atoms with Gasteiger partial charge in [0, 0.05) is 21.1 Å². The van der Waals surface area contributed by atoms with Crippen LogP contribution in [0.2, 0.25) is 25.7 Å². The fourth-order valence-electron chi connectivity index (χ4n) is 2.53. The molecule has 0 aliphatic rings. The van der Waals surface area contributed by atoms with Gasteiger partial charge in [0.15, 0.2) is 0 Å². The molecule has 0 aromatic heterocycles. The Morgan fingerprint density at radius 3 is 2.17 bits per heavy atom. The van der Waals surface area contributed by atoms with Crippen molar-refractivity contribution in [3.8, 4) is 0 Å². The molecule has 0 amide bonds. The highest BCUT2D eigenvalue weighted by Gasteiger charge is 2.24. The van der Waals surface area contributed by atoms with Crippen molar-refractivity contribution in [3.05, 3.63) is 12.7 Å². The molecule has 2 atom stereocenters. The number of methoxy groups -OCH3 is 1. The molecule has 0 saturated carbocycles. The third kappa shape index (κ3) is 8.93. The van der Waals surface area contributed by atoms with E-state index in [1.54, 1.807) is 0 Å². The summed E-state index contributed by atoms with van der Waals surface area (Å²) in [7, 11) is 0.827. The van der Waals surface area contributed by atoms with Crippen molar-refractivity contribution in [2.45, 2.75) is 77.2 Å². The van der Waals surface area contributed by atoms with Crippen molar-refractivity contribution >= 4 is 8.07 Å². The van der Waals surface area contributed by atoms with Gasteiger partial charge in [-0.1, -0.05) is 64.7 Å². The van der Waals surface area contributed by atoms with Gasteiger partial charge in [0.25, 0.3) is 0 Å². The van der Waals surface area contributed by atoms with Crippen LogP contribution in [0.1, 0.15) is 45.4 Å². The smallest absolute Gasteiger partial charge is 0.0631 e. The van der Waals surface area contributed by atoms with Gasteiger partial charge < -0.3 is 4.74 Å². The van der Waals surface area contributed by atoms with E-state index < -0.39 is 8.07 Å². The molecule has 108 valence electrons. The standard InChI is InChI=1S/C16H34OSi/c1-7-9-10-11-12-13-16(17-3)15(8-2)14-18(4,5)6/h8,15-16H,2,7,9-14H2,1,3-6H3. The lowest BCUT2D eigenvalue weighted by molar-refractivity contribution is 0.0647. The molecule has 2 heteroatoms. The van der Waals surface area contributed by atoms with E-state index in [4.69, 9.17) is 4.74 Å². The zero-order valence-corrected chi connectivity index (χ0v) is 14.3. The zero-order chi connectivity index (χ0) is 14.0. The highest BCUT2D eigenvalue weighted by atomic mass is 28.3. The lowest BCUT2D eigenvalue weighted by atomic mass is 9.98. The molecular weight excluding hydrogens is 236 g/mol. The van der Waals surface area contributed by atoms with Crippen LogP contribution in [0.3, 0.4) is 0 Å². The second-order valence-electron chi connectivity index (χ2n) is 6.64. The second kappa shape index (κ2) is 9.80. The minimum Gasteiger partial charge on any atom is -0.381 e. The van der Waals surface area contributed by atoms with E-state index >= 15 is 0 Å². The fraction of sp³-hybridized carbons (Fsp3) is 0.875. The first-order valence-electron chi connectivity index (χ1n) is 7.60. The lowest BCUT2D eigenvalue weighted by Gasteiger charge is -2.28. The van der Waals surface area contributed by atoms with Crippen molar-refractivity contribution < 1.29 is 4.74 Å². The van der Waals surface area contributed by atoms with Crippen LogP contribution >= 0.6 is 0 Å². The van der Waals surface area contributed by atoms with E-state index in [9.17, 15) is 0 Å². The summed E-state index contributed by atoms with van der Waals surface area (Å²) in [5, 5.41) is 0. The molecule has 0 aromatic rings. The number of hydrogen-bond acceptors (Lipinski definition) is 1. The quantitative estimate of drug-likeness (QED) is 0.273. The van der Waals surface area contributed by atoms with Gasteiger partial charge in [-0.2, -0.15) is 0 Å². The highest BCUT2D eigenvalue weighted by Crippen LogP contribution is 2.25. The molecule has 18 heavy (non-hydrogen) atoms. The predicted molar refractivity (Wildman–Crippen MR) is 86.0 cm³/mol. The molecule has 0 spiro atoms. The summed E-state index contributed by atoms with van der Waals surface area (Å²) in [4.78, 5) is 0. The molecule has 0 fully saturated rings. The summed E-state index contributed by atoms with van der Waals surface area (Å²) >= 11 is 0. The maximum absolute atomic E-state index is 5.71. The molecule has 0 radical (unpaired) electrons. The third-order valence-electron chi connectivity index (χ3n) is 3.52. The molecule has 0 N–H and O–H groups in total. The van der Waals surface area contributed by atoms with E-state index in [-0.39, 0.29) is 0 Å². The first-order valence-corrected chi connectivity index (χ1v) is 11.3. The third-order valence-corrected chi connectivity index (χ3v) is 5.22. The largest absolute Gasteiger partial charge is 0.381 e. The van der Waals surface area contributed by atoms with Crippen LogP contribution in [0, 0.1) is 5.92 Å². The number of ether oxygens (including phenoxy) is 1. The molecule has 0 heterocycles. The summed E-state index contributed by atoms with van der Waals surface area (Å²) in [6.45, 7) is 13.6. The average molecular weight is 271 g/mol. The van der Waals surface area contributed by atoms with E-state index in [2.05, 4.69) is 39.2 Å². The number of rotatable bonds is 11. The maximum Gasteiger partial charge on any atom is 0.0631 e. The van der Waals surface area contributed by atoms with Gasteiger partial charge in [-0.05, 0) is 12.5 Å². The maximum atomic E-state index is 5.71. The average Bonchev–Trinajstić information content (AvgIpc) is 2.30. The molecule has 1 nitrogen and oxygen atoms in total. The van der Waals surface area contributed by atoms with Crippen LogP contribution in [0.25, 0.3) is 0 Å². The van der Waals surface area contributed by atoms with Crippen LogP contribution in [-0.2, 0) is 4.74 Å². The summed E-state index contributed by atoms with van der Waals surface area (Å²) in [6.07, 6.45) is 10.4. The molecule has 0 saturated heterocycles. The molecule has 0 aliphatic carbocycles. The van der Waals surface area contributed by atoms with E-state index in [0.717, 1.165) is 0 Å². The summed E-state index contributed by atoms with van der Waals surface area (Å²) in [5.41, 5.74) is 0. The fourth-order valence-corrected chi connectivity index (χ4v) is 4.37. The van der Waals surface area contributed by atoms with E-state index in [1.165, 1.54) is 44.6 Å². The monoisotopic (exact) mass is 270 g/mol. The Hall–Kier alpha value is -0.0831. The summed E-state index contributed by atoms with van der Waals surface area (Å²) < 4.78 is 5.71. The van der Waals surface area contributed by atoms with Gasteiger partial charge in [0.05, 0.1) is 6.10 Å². The Bertz CT molecular complexity index is 208.